The molecular weight excluding hydrogens is 408 g/mol. The smallest absolute Gasteiger partial charge is 0.222 e. The van der Waals surface area contributed by atoms with Crippen molar-refractivity contribution in [1.29, 1.82) is 0 Å². The molecule has 0 aliphatic rings. The molecule has 0 radical (unpaired) electrons. The Kier molecular flexibility index (Phi) is 8.20. The van der Waals surface area contributed by atoms with E-state index in [-0.39, 0.29) is 18.7 Å². The molecule has 10 heteroatoms. The first kappa shape index (κ1) is 23.7. The first-order chi connectivity index (χ1) is 15.4. The van der Waals surface area contributed by atoms with Crippen molar-refractivity contribution in [2.45, 2.75) is 45.4 Å². The van der Waals surface area contributed by atoms with Gasteiger partial charge in [-0.15, -0.1) is 0 Å². The van der Waals surface area contributed by atoms with Crippen LogP contribution >= 0.6 is 0 Å². The van der Waals surface area contributed by atoms with Gasteiger partial charge in [-0.2, -0.15) is 10.1 Å². The van der Waals surface area contributed by atoms with Crippen LogP contribution in [-0.2, 0) is 13.1 Å². The lowest BCUT2D eigenvalue weighted by Gasteiger charge is -2.17. The van der Waals surface area contributed by atoms with Gasteiger partial charge >= 0.3 is 0 Å². The van der Waals surface area contributed by atoms with Crippen LogP contribution in [0.25, 0.3) is 11.0 Å². The molecule has 0 saturated heterocycles. The summed E-state index contributed by atoms with van der Waals surface area (Å²) in [6.07, 6.45) is 4.14. The molecule has 0 saturated carbocycles. The number of methoxy groups -OCH3 is 1. The van der Waals surface area contributed by atoms with E-state index in [9.17, 15) is 0 Å². The van der Waals surface area contributed by atoms with Gasteiger partial charge in [0, 0.05) is 25.3 Å². The molecule has 0 amide bonds. The summed E-state index contributed by atoms with van der Waals surface area (Å²) in [5.74, 6) is 1.52. The van der Waals surface area contributed by atoms with Gasteiger partial charge in [0.05, 0.1) is 26.0 Å². The summed E-state index contributed by atoms with van der Waals surface area (Å²) in [6, 6.07) is 6.18. The maximum absolute atomic E-state index is 9.01. The van der Waals surface area contributed by atoms with E-state index < -0.39 is 0 Å². The zero-order valence-corrected chi connectivity index (χ0v) is 19.1. The minimum Gasteiger partial charge on any atom is -0.496 e. The van der Waals surface area contributed by atoms with Crippen LogP contribution in [0.1, 0.15) is 37.3 Å². The Morgan fingerprint density at radius 1 is 1.31 bits per heavy atom. The van der Waals surface area contributed by atoms with Gasteiger partial charge in [-0.25, -0.2) is 4.98 Å². The summed E-state index contributed by atoms with van der Waals surface area (Å²) in [5.41, 5.74) is 15.4. The van der Waals surface area contributed by atoms with E-state index in [1.54, 1.807) is 11.8 Å². The van der Waals surface area contributed by atoms with Crippen LogP contribution in [0.2, 0.25) is 0 Å². The second-order valence-corrected chi connectivity index (χ2v) is 7.99. The van der Waals surface area contributed by atoms with Gasteiger partial charge in [0.15, 0.2) is 11.3 Å². The van der Waals surface area contributed by atoms with Gasteiger partial charge in [0.2, 0.25) is 5.95 Å². The summed E-state index contributed by atoms with van der Waals surface area (Å²) < 4.78 is 7.45. The summed E-state index contributed by atoms with van der Waals surface area (Å²) in [6.45, 7) is 4.41. The highest BCUT2D eigenvalue weighted by molar-refractivity contribution is 5.85. The van der Waals surface area contributed by atoms with Crippen molar-refractivity contribution in [3.63, 3.8) is 0 Å². The van der Waals surface area contributed by atoms with Crippen molar-refractivity contribution in [2.75, 3.05) is 38.4 Å². The van der Waals surface area contributed by atoms with Crippen LogP contribution in [0.3, 0.4) is 0 Å². The van der Waals surface area contributed by atoms with Crippen molar-refractivity contribution in [1.82, 2.24) is 24.6 Å². The summed E-state index contributed by atoms with van der Waals surface area (Å²) in [4.78, 5) is 10.8. The van der Waals surface area contributed by atoms with Crippen molar-refractivity contribution < 1.29 is 9.84 Å². The van der Waals surface area contributed by atoms with Crippen molar-refractivity contribution in [2.24, 2.45) is 5.73 Å². The number of nitrogen functional groups attached to an aromatic ring is 1. The number of hydrogen-bond donors (Lipinski definition) is 4. The van der Waals surface area contributed by atoms with Gasteiger partial charge < -0.3 is 31.5 Å². The number of anilines is 2. The number of nitrogens with one attached hydrogen (secondary N) is 1. The Labute approximate surface area is 188 Å². The van der Waals surface area contributed by atoms with E-state index in [1.807, 2.05) is 19.3 Å². The topological polar surface area (TPSA) is 140 Å². The molecule has 3 aromatic rings. The molecule has 32 heavy (non-hydrogen) atoms. The predicted octanol–water partition coefficient (Wildman–Crippen LogP) is 1.78. The van der Waals surface area contributed by atoms with Crippen LogP contribution in [0.15, 0.2) is 24.4 Å². The third kappa shape index (κ3) is 6.06. The lowest BCUT2D eigenvalue weighted by atomic mass is 10.1. The van der Waals surface area contributed by atoms with Gasteiger partial charge in [0.25, 0.3) is 0 Å². The van der Waals surface area contributed by atoms with E-state index in [0.717, 1.165) is 49.2 Å². The van der Waals surface area contributed by atoms with E-state index in [0.29, 0.717) is 23.4 Å². The third-order valence-corrected chi connectivity index (χ3v) is 5.18. The highest BCUT2D eigenvalue weighted by Crippen LogP contribution is 2.24. The maximum Gasteiger partial charge on any atom is 0.222 e. The van der Waals surface area contributed by atoms with Gasteiger partial charge in [0.1, 0.15) is 11.3 Å². The quantitative estimate of drug-likeness (QED) is 0.309. The fourth-order valence-corrected chi connectivity index (χ4v) is 3.64. The molecule has 3 rings (SSSR count). The number of rotatable bonds is 12. The largest absolute Gasteiger partial charge is 0.496 e. The molecule has 0 spiro atoms. The number of benzene rings is 1. The Balaban J connectivity index is 1.81. The Morgan fingerprint density at radius 3 is 2.84 bits per heavy atom. The third-order valence-electron chi connectivity index (χ3n) is 5.18. The molecule has 10 nitrogen and oxygen atoms in total. The van der Waals surface area contributed by atoms with Gasteiger partial charge in [-0.3, -0.25) is 4.68 Å². The molecule has 1 unspecified atom stereocenters. The summed E-state index contributed by atoms with van der Waals surface area (Å²) in [7, 11) is 3.71. The number of aliphatic hydroxyl groups is 1. The van der Waals surface area contributed by atoms with Crippen molar-refractivity contribution in [3.05, 3.63) is 35.5 Å². The van der Waals surface area contributed by atoms with E-state index >= 15 is 0 Å². The Hall–Kier alpha value is -2.95. The van der Waals surface area contributed by atoms with Gasteiger partial charge in [-0.1, -0.05) is 25.5 Å². The molecular formula is C22H34N8O2. The zero-order chi connectivity index (χ0) is 23.1. The number of ether oxygens (including phenoxy) is 1. The molecule has 0 aliphatic carbocycles. The fraction of sp³-hybridized carbons (Fsp3) is 0.500. The maximum atomic E-state index is 9.01. The normalized spacial score (nSPS) is 12.4. The second-order valence-electron chi connectivity index (χ2n) is 7.99. The summed E-state index contributed by atoms with van der Waals surface area (Å²) >= 11 is 0. The van der Waals surface area contributed by atoms with Crippen LogP contribution in [0.4, 0.5) is 11.8 Å². The zero-order valence-electron chi connectivity index (χ0n) is 19.1. The molecule has 174 valence electrons. The highest BCUT2D eigenvalue weighted by Gasteiger charge is 2.15. The van der Waals surface area contributed by atoms with Gasteiger partial charge in [-0.05, 0) is 31.5 Å². The number of fused-ring (bicyclic) bond motifs is 1. The number of nitrogens with two attached hydrogens (primary N) is 2. The van der Waals surface area contributed by atoms with Crippen LogP contribution < -0.4 is 21.5 Å². The Morgan fingerprint density at radius 2 is 2.12 bits per heavy atom. The van der Waals surface area contributed by atoms with E-state index in [2.05, 4.69) is 44.3 Å². The number of aliphatic hydroxyl groups excluding tert-OH is 1. The monoisotopic (exact) mass is 442 g/mol. The highest BCUT2D eigenvalue weighted by atomic mass is 16.5. The molecule has 0 aliphatic heterocycles. The molecule has 0 bridgehead atoms. The average Bonchev–Trinajstić information content (AvgIpc) is 3.15. The Bertz CT molecular complexity index is 1020. The van der Waals surface area contributed by atoms with Crippen molar-refractivity contribution >= 4 is 22.8 Å². The van der Waals surface area contributed by atoms with E-state index in [4.69, 9.17) is 21.3 Å². The molecule has 1 atom stereocenters. The molecule has 2 heterocycles. The fourth-order valence-electron chi connectivity index (χ4n) is 3.64. The standard InChI is InChI=1S/C22H34N8O2/c1-4-6-19(23)26-21-20-17(25-22(24)27-21)14-30(28-20)13-16-8-7-15(11-18(16)32-3)12-29(2)9-5-10-31/h7-8,11,14,19,31H,4-6,9-10,12-13,23H2,1-3H3,(H3,24,25,26,27). The van der Waals surface area contributed by atoms with Crippen LogP contribution in [0, 0.1) is 0 Å². The van der Waals surface area contributed by atoms with Crippen LogP contribution in [0.5, 0.6) is 5.75 Å². The number of aromatic nitrogens is 4. The first-order valence-corrected chi connectivity index (χ1v) is 10.9. The minimum absolute atomic E-state index is 0.176. The SMILES string of the molecule is CCCC(N)Nc1nc(N)nc2cn(Cc3ccc(CN(C)CCCO)cc3OC)nc12. The minimum atomic E-state index is -0.231. The second kappa shape index (κ2) is 11.1. The molecule has 0 fully saturated rings. The predicted molar refractivity (Wildman–Crippen MR) is 126 cm³/mol. The number of nitrogens with zero attached hydrogens (tertiary/aromatic N) is 5. The molecule has 1 aromatic carbocycles. The number of hydrogen-bond acceptors (Lipinski definition) is 9. The van der Waals surface area contributed by atoms with Crippen molar-refractivity contribution in [3.8, 4) is 5.75 Å². The molecule has 2 aromatic heterocycles. The first-order valence-electron chi connectivity index (χ1n) is 10.9. The summed E-state index contributed by atoms with van der Waals surface area (Å²) in [5, 5.41) is 16.9. The lowest BCUT2D eigenvalue weighted by Crippen LogP contribution is -2.29. The molecule has 6 N–H and O–H groups in total. The average molecular weight is 443 g/mol. The van der Waals surface area contributed by atoms with Crippen LogP contribution in [-0.4, -0.2) is 63.2 Å². The van der Waals surface area contributed by atoms with E-state index in [1.165, 1.54) is 0 Å². The lowest BCUT2D eigenvalue weighted by molar-refractivity contribution is 0.244.